The number of halogens is 1. The highest BCUT2D eigenvalue weighted by molar-refractivity contribution is 7.81. The number of hydrogen-bond donors (Lipinski definition) is 2. The zero-order valence-electron chi connectivity index (χ0n) is 16.9. The van der Waals surface area contributed by atoms with E-state index >= 15 is 0 Å². The van der Waals surface area contributed by atoms with Crippen molar-refractivity contribution >= 4 is 51.7 Å². The SMILES string of the molecule is CCOC(=O)CNc1ccccc1Nc1ccc(C(=S)c2ccccc2C)c(Cl)c1. The molecule has 0 aromatic heterocycles. The molecule has 0 spiro atoms. The summed E-state index contributed by atoms with van der Waals surface area (Å²) in [7, 11) is 0. The number of esters is 1. The summed E-state index contributed by atoms with van der Waals surface area (Å²) in [5, 5.41) is 7.02. The monoisotopic (exact) mass is 438 g/mol. The fourth-order valence-electron chi connectivity index (χ4n) is 3.03. The van der Waals surface area contributed by atoms with Crippen molar-refractivity contribution in [1.82, 2.24) is 0 Å². The van der Waals surface area contributed by atoms with Gasteiger partial charge in [-0.2, -0.15) is 0 Å². The Morgan fingerprint density at radius 2 is 1.70 bits per heavy atom. The third-order valence-corrected chi connectivity index (χ3v) is 5.29. The molecule has 6 heteroatoms. The van der Waals surface area contributed by atoms with Gasteiger partial charge < -0.3 is 15.4 Å². The normalized spacial score (nSPS) is 10.4. The second-order valence-corrected chi connectivity index (χ2v) is 7.48. The molecule has 0 fully saturated rings. The van der Waals surface area contributed by atoms with Gasteiger partial charge in [0.2, 0.25) is 0 Å². The van der Waals surface area contributed by atoms with E-state index < -0.39 is 0 Å². The van der Waals surface area contributed by atoms with Crippen LogP contribution in [0.4, 0.5) is 17.1 Å². The predicted octanol–water partition coefficient (Wildman–Crippen LogP) is 6.13. The lowest BCUT2D eigenvalue weighted by Gasteiger charge is -2.15. The Labute approximate surface area is 187 Å². The van der Waals surface area contributed by atoms with E-state index in [1.165, 1.54) is 0 Å². The molecule has 0 saturated heterocycles. The largest absolute Gasteiger partial charge is 0.465 e. The summed E-state index contributed by atoms with van der Waals surface area (Å²) in [6, 6.07) is 21.3. The number of ether oxygens (including phenoxy) is 1. The van der Waals surface area contributed by atoms with Crippen molar-refractivity contribution < 1.29 is 9.53 Å². The first-order valence-electron chi connectivity index (χ1n) is 9.65. The topological polar surface area (TPSA) is 50.4 Å². The van der Waals surface area contributed by atoms with Crippen LogP contribution in [0.15, 0.2) is 66.7 Å². The van der Waals surface area contributed by atoms with Gasteiger partial charge in [-0.15, -0.1) is 0 Å². The fourth-order valence-corrected chi connectivity index (χ4v) is 3.77. The van der Waals surface area contributed by atoms with Crippen LogP contribution in [0.5, 0.6) is 0 Å². The van der Waals surface area contributed by atoms with Crippen LogP contribution < -0.4 is 10.6 Å². The Kier molecular flexibility index (Phi) is 7.44. The minimum absolute atomic E-state index is 0.0942. The molecule has 3 aromatic rings. The molecule has 0 heterocycles. The number of thiocarbonyl (C=S) groups is 1. The second-order valence-electron chi connectivity index (χ2n) is 6.67. The quantitative estimate of drug-likeness (QED) is 0.251. The Balaban J connectivity index is 1.78. The van der Waals surface area contributed by atoms with E-state index in [9.17, 15) is 4.79 Å². The highest BCUT2D eigenvalue weighted by atomic mass is 35.5. The minimum atomic E-state index is -0.301. The van der Waals surface area contributed by atoms with Crippen LogP contribution in [0.1, 0.15) is 23.6 Å². The van der Waals surface area contributed by atoms with E-state index in [4.69, 9.17) is 28.6 Å². The summed E-state index contributed by atoms with van der Waals surface area (Å²) in [6.07, 6.45) is 0. The second kappa shape index (κ2) is 10.2. The van der Waals surface area contributed by atoms with E-state index in [0.717, 1.165) is 38.6 Å². The standard InChI is InChI=1S/C24H23ClN2O2S/c1-3-29-23(28)15-26-21-10-6-7-11-22(21)27-17-12-13-19(20(25)14-17)24(30)18-9-5-4-8-16(18)2/h4-14,26-27H,3,15H2,1-2H3. The molecule has 0 saturated carbocycles. The van der Waals surface area contributed by atoms with Crippen LogP contribution in [0, 0.1) is 6.92 Å². The number of rotatable bonds is 8. The fraction of sp³-hybridized carbons (Fsp3) is 0.167. The average molecular weight is 439 g/mol. The zero-order valence-corrected chi connectivity index (χ0v) is 18.4. The first-order chi connectivity index (χ1) is 14.5. The number of carbonyl (C=O) groups is 1. The van der Waals surface area contributed by atoms with E-state index in [1.807, 2.05) is 73.7 Å². The number of benzene rings is 3. The van der Waals surface area contributed by atoms with Crippen LogP contribution in [-0.2, 0) is 9.53 Å². The van der Waals surface area contributed by atoms with Crippen LogP contribution in [-0.4, -0.2) is 24.0 Å². The van der Waals surface area contributed by atoms with Gasteiger partial charge in [-0.3, -0.25) is 4.79 Å². The number of anilines is 3. The van der Waals surface area contributed by atoms with Gasteiger partial charge in [0.15, 0.2) is 0 Å². The lowest BCUT2D eigenvalue weighted by molar-refractivity contribution is -0.140. The van der Waals surface area contributed by atoms with Crippen molar-refractivity contribution in [2.75, 3.05) is 23.8 Å². The maximum absolute atomic E-state index is 11.6. The van der Waals surface area contributed by atoms with Crippen molar-refractivity contribution in [3.8, 4) is 0 Å². The molecule has 0 unspecified atom stereocenters. The molecule has 0 aliphatic rings. The van der Waals surface area contributed by atoms with E-state index in [1.54, 1.807) is 6.92 Å². The van der Waals surface area contributed by atoms with Crippen LogP contribution in [0.25, 0.3) is 0 Å². The van der Waals surface area contributed by atoms with Gasteiger partial charge in [-0.1, -0.05) is 60.2 Å². The van der Waals surface area contributed by atoms with Crippen LogP contribution in [0.2, 0.25) is 5.02 Å². The van der Waals surface area contributed by atoms with E-state index in [0.29, 0.717) is 11.6 Å². The van der Waals surface area contributed by atoms with Gasteiger partial charge in [-0.25, -0.2) is 0 Å². The lowest BCUT2D eigenvalue weighted by Crippen LogP contribution is -2.17. The molecular formula is C24H23ClN2O2S. The van der Waals surface area contributed by atoms with Crippen LogP contribution >= 0.6 is 23.8 Å². The predicted molar refractivity (Wildman–Crippen MR) is 128 cm³/mol. The number of aryl methyl sites for hydroxylation is 1. The summed E-state index contributed by atoms with van der Waals surface area (Å²) < 4.78 is 4.97. The molecule has 0 radical (unpaired) electrons. The molecule has 0 amide bonds. The van der Waals surface area contributed by atoms with Gasteiger partial charge in [0, 0.05) is 11.3 Å². The third-order valence-electron chi connectivity index (χ3n) is 4.54. The molecule has 0 atom stereocenters. The van der Waals surface area contributed by atoms with Gasteiger partial charge in [0.1, 0.15) is 6.54 Å². The van der Waals surface area contributed by atoms with Crippen molar-refractivity contribution in [3.63, 3.8) is 0 Å². The number of hydrogen-bond acceptors (Lipinski definition) is 5. The maximum atomic E-state index is 11.6. The minimum Gasteiger partial charge on any atom is -0.465 e. The van der Waals surface area contributed by atoms with Gasteiger partial charge in [0.25, 0.3) is 0 Å². The van der Waals surface area contributed by atoms with E-state index in [-0.39, 0.29) is 12.5 Å². The Hall–Kier alpha value is -2.89. The number of nitrogens with one attached hydrogen (secondary N) is 2. The highest BCUT2D eigenvalue weighted by Gasteiger charge is 2.12. The average Bonchev–Trinajstić information content (AvgIpc) is 2.73. The van der Waals surface area contributed by atoms with Crippen LogP contribution in [0.3, 0.4) is 0 Å². The highest BCUT2D eigenvalue weighted by Crippen LogP contribution is 2.29. The van der Waals surface area contributed by atoms with E-state index in [2.05, 4.69) is 10.6 Å². The zero-order chi connectivity index (χ0) is 21.5. The number of para-hydroxylation sites is 2. The molecule has 2 N–H and O–H groups in total. The molecule has 3 aromatic carbocycles. The Morgan fingerprint density at radius 1 is 1.00 bits per heavy atom. The molecule has 3 rings (SSSR count). The van der Waals surface area contributed by atoms with Gasteiger partial charge >= 0.3 is 5.97 Å². The Morgan fingerprint density at radius 3 is 2.40 bits per heavy atom. The smallest absolute Gasteiger partial charge is 0.325 e. The molecule has 4 nitrogen and oxygen atoms in total. The lowest BCUT2D eigenvalue weighted by atomic mass is 10.00. The first-order valence-corrected chi connectivity index (χ1v) is 10.4. The summed E-state index contributed by atoms with van der Waals surface area (Å²) >= 11 is 12.2. The summed E-state index contributed by atoms with van der Waals surface area (Å²) in [4.78, 5) is 12.4. The molecule has 0 bridgehead atoms. The van der Waals surface area contributed by atoms with Crippen molar-refractivity contribution in [3.05, 3.63) is 88.4 Å². The van der Waals surface area contributed by atoms with Crippen molar-refractivity contribution in [2.45, 2.75) is 13.8 Å². The molecule has 0 aliphatic carbocycles. The van der Waals surface area contributed by atoms with Gasteiger partial charge in [0.05, 0.1) is 27.9 Å². The third kappa shape index (κ3) is 5.38. The maximum Gasteiger partial charge on any atom is 0.325 e. The molecule has 0 aliphatic heterocycles. The number of carbonyl (C=O) groups excluding carboxylic acids is 1. The first kappa shape index (κ1) is 21.8. The molecule has 30 heavy (non-hydrogen) atoms. The Bertz CT molecular complexity index is 1070. The molecule has 154 valence electrons. The van der Waals surface area contributed by atoms with Crippen molar-refractivity contribution in [2.24, 2.45) is 0 Å². The summed E-state index contributed by atoms with van der Waals surface area (Å²) in [6.45, 7) is 4.27. The van der Waals surface area contributed by atoms with Crippen molar-refractivity contribution in [1.29, 1.82) is 0 Å². The van der Waals surface area contributed by atoms with Gasteiger partial charge in [-0.05, 0) is 55.3 Å². The summed E-state index contributed by atoms with van der Waals surface area (Å²) in [5.74, 6) is -0.301. The molecular weight excluding hydrogens is 416 g/mol. The summed E-state index contributed by atoms with van der Waals surface area (Å²) in [5.41, 5.74) is 5.38.